The van der Waals surface area contributed by atoms with Crippen molar-refractivity contribution in [1.29, 1.82) is 0 Å². The van der Waals surface area contributed by atoms with Crippen LogP contribution in [-0.4, -0.2) is 30.1 Å². The molecule has 1 aliphatic rings. The Morgan fingerprint density at radius 1 is 1.08 bits per heavy atom. The van der Waals surface area contributed by atoms with Crippen molar-refractivity contribution in [3.05, 3.63) is 71.3 Å². The van der Waals surface area contributed by atoms with Gasteiger partial charge in [-0.2, -0.15) is 0 Å². The highest BCUT2D eigenvalue weighted by atomic mass is 16.3. The first kappa shape index (κ1) is 18.2. The Kier molecular flexibility index (Phi) is 5.61. The normalized spacial score (nSPS) is 26.8. The molecule has 25 heavy (non-hydrogen) atoms. The maximum absolute atomic E-state index is 11.6. The van der Waals surface area contributed by atoms with E-state index in [4.69, 9.17) is 0 Å². The lowest BCUT2D eigenvalue weighted by atomic mass is 9.70. The minimum atomic E-state index is -0.737. The molecule has 3 unspecified atom stereocenters. The Hall–Kier alpha value is -1.64. The van der Waals surface area contributed by atoms with Crippen molar-refractivity contribution in [2.75, 3.05) is 14.1 Å². The molecular formula is C23H31NO. The van der Waals surface area contributed by atoms with E-state index in [2.05, 4.69) is 80.5 Å². The van der Waals surface area contributed by atoms with Crippen LogP contribution in [0.1, 0.15) is 42.4 Å². The van der Waals surface area contributed by atoms with Crippen molar-refractivity contribution in [3.63, 3.8) is 0 Å². The Balaban J connectivity index is 1.72. The molecule has 1 saturated carbocycles. The predicted molar refractivity (Wildman–Crippen MR) is 105 cm³/mol. The van der Waals surface area contributed by atoms with Crippen LogP contribution in [0.25, 0.3) is 0 Å². The number of rotatable bonds is 5. The lowest BCUT2D eigenvalue weighted by Crippen LogP contribution is -2.51. The van der Waals surface area contributed by atoms with Gasteiger partial charge in [0.25, 0.3) is 0 Å². The second-order valence-electron chi connectivity index (χ2n) is 7.94. The Bertz CT molecular complexity index is 682. The fourth-order valence-corrected chi connectivity index (χ4v) is 4.39. The first-order valence-corrected chi connectivity index (χ1v) is 9.49. The van der Waals surface area contributed by atoms with Crippen LogP contribution in [0.5, 0.6) is 0 Å². The summed E-state index contributed by atoms with van der Waals surface area (Å²) in [6, 6.07) is 19.3. The molecule has 1 aliphatic carbocycles. The van der Waals surface area contributed by atoms with E-state index < -0.39 is 5.60 Å². The van der Waals surface area contributed by atoms with Gasteiger partial charge in [0.15, 0.2) is 0 Å². The monoisotopic (exact) mass is 337 g/mol. The van der Waals surface area contributed by atoms with Gasteiger partial charge in [-0.25, -0.2) is 0 Å². The average Bonchev–Trinajstić information content (AvgIpc) is 2.61. The van der Waals surface area contributed by atoms with Crippen LogP contribution in [0.4, 0.5) is 0 Å². The first-order valence-electron chi connectivity index (χ1n) is 9.49. The van der Waals surface area contributed by atoms with E-state index in [-0.39, 0.29) is 6.04 Å². The number of nitrogens with zero attached hydrogens (tertiary/aromatic N) is 1. The van der Waals surface area contributed by atoms with E-state index in [0.29, 0.717) is 5.92 Å². The zero-order valence-corrected chi connectivity index (χ0v) is 15.8. The Morgan fingerprint density at radius 2 is 1.84 bits per heavy atom. The number of benzene rings is 2. The van der Waals surface area contributed by atoms with Gasteiger partial charge in [0, 0.05) is 6.04 Å². The summed E-state index contributed by atoms with van der Waals surface area (Å²) < 4.78 is 0. The molecule has 0 aromatic heterocycles. The van der Waals surface area contributed by atoms with Crippen molar-refractivity contribution in [1.82, 2.24) is 4.90 Å². The quantitative estimate of drug-likeness (QED) is 0.865. The fraction of sp³-hybridized carbons (Fsp3) is 0.478. The third-order valence-corrected chi connectivity index (χ3v) is 5.87. The van der Waals surface area contributed by atoms with E-state index in [1.807, 2.05) is 0 Å². The number of aryl methyl sites for hydroxylation is 2. The summed E-state index contributed by atoms with van der Waals surface area (Å²) in [5.41, 5.74) is 2.98. The number of hydrogen-bond donors (Lipinski definition) is 1. The third-order valence-electron chi connectivity index (χ3n) is 5.87. The molecule has 0 radical (unpaired) electrons. The summed E-state index contributed by atoms with van der Waals surface area (Å²) in [5.74, 6) is 0.678. The third kappa shape index (κ3) is 4.13. The van der Waals surface area contributed by atoms with Crippen molar-refractivity contribution in [2.24, 2.45) is 5.92 Å². The topological polar surface area (TPSA) is 23.5 Å². The molecular weight excluding hydrogens is 306 g/mol. The van der Waals surface area contributed by atoms with Crippen molar-refractivity contribution in [2.45, 2.75) is 50.7 Å². The molecule has 0 bridgehead atoms. The van der Waals surface area contributed by atoms with Crippen LogP contribution >= 0.6 is 0 Å². The van der Waals surface area contributed by atoms with Crippen LogP contribution in [0.3, 0.4) is 0 Å². The number of likely N-dealkylation sites (N-methyl/N-ethyl adjacent to an activating group) is 1. The summed E-state index contributed by atoms with van der Waals surface area (Å²) in [4.78, 5) is 2.22. The summed E-state index contributed by atoms with van der Waals surface area (Å²) >= 11 is 0. The van der Waals surface area contributed by atoms with Gasteiger partial charge in [-0.05, 0) is 70.2 Å². The predicted octanol–water partition coefficient (Wildman–Crippen LogP) is 4.55. The van der Waals surface area contributed by atoms with Gasteiger partial charge in [0.1, 0.15) is 5.60 Å². The molecule has 1 fully saturated rings. The van der Waals surface area contributed by atoms with E-state index in [9.17, 15) is 5.11 Å². The molecule has 2 aromatic rings. The summed E-state index contributed by atoms with van der Waals surface area (Å²) in [5, 5.41) is 11.6. The molecule has 0 aliphatic heterocycles. The molecule has 1 N–H and O–H groups in total. The second-order valence-corrected chi connectivity index (χ2v) is 7.94. The average molecular weight is 338 g/mol. The molecule has 2 nitrogen and oxygen atoms in total. The van der Waals surface area contributed by atoms with Gasteiger partial charge < -0.3 is 10.0 Å². The van der Waals surface area contributed by atoms with E-state index >= 15 is 0 Å². The van der Waals surface area contributed by atoms with Gasteiger partial charge in [0.2, 0.25) is 0 Å². The molecule has 3 atom stereocenters. The van der Waals surface area contributed by atoms with Crippen LogP contribution in [0.15, 0.2) is 54.6 Å². The highest BCUT2D eigenvalue weighted by molar-refractivity contribution is 5.30. The second kappa shape index (κ2) is 7.72. The molecule has 0 saturated heterocycles. The highest BCUT2D eigenvalue weighted by Crippen LogP contribution is 2.43. The minimum absolute atomic E-state index is 0.170. The number of aliphatic hydroxyl groups is 1. The molecule has 0 spiro atoms. The molecule has 0 amide bonds. The van der Waals surface area contributed by atoms with Crippen LogP contribution < -0.4 is 0 Å². The maximum atomic E-state index is 11.6. The molecule has 2 aromatic carbocycles. The lowest BCUT2D eigenvalue weighted by Gasteiger charge is -2.46. The van der Waals surface area contributed by atoms with Gasteiger partial charge >= 0.3 is 0 Å². The summed E-state index contributed by atoms with van der Waals surface area (Å²) in [7, 11) is 4.20. The molecule has 2 heteroatoms. The van der Waals surface area contributed by atoms with Crippen LogP contribution in [0.2, 0.25) is 0 Å². The van der Waals surface area contributed by atoms with Gasteiger partial charge in [0.05, 0.1) is 0 Å². The zero-order valence-electron chi connectivity index (χ0n) is 15.8. The van der Waals surface area contributed by atoms with E-state index in [0.717, 1.165) is 31.2 Å². The van der Waals surface area contributed by atoms with Crippen molar-refractivity contribution >= 4 is 0 Å². The van der Waals surface area contributed by atoms with E-state index in [1.165, 1.54) is 17.5 Å². The fourth-order valence-electron chi connectivity index (χ4n) is 4.39. The largest absolute Gasteiger partial charge is 0.384 e. The highest BCUT2D eigenvalue weighted by Gasteiger charge is 2.44. The van der Waals surface area contributed by atoms with Crippen molar-refractivity contribution < 1.29 is 5.11 Å². The van der Waals surface area contributed by atoms with E-state index in [1.54, 1.807) is 0 Å². The van der Waals surface area contributed by atoms with Gasteiger partial charge in [-0.3, -0.25) is 0 Å². The van der Waals surface area contributed by atoms with Crippen LogP contribution in [-0.2, 0) is 12.0 Å². The standard InChI is InChI=1S/C23H31NO/c1-18-8-7-11-21(16-18)23(25)15-14-20(17-22(23)24(2)3)13-12-19-9-5-4-6-10-19/h4-11,16,20,22,25H,12-15,17H2,1-3H3. The number of hydrogen-bond acceptors (Lipinski definition) is 2. The van der Waals surface area contributed by atoms with Crippen molar-refractivity contribution in [3.8, 4) is 0 Å². The Morgan fingerprint density at radius 3 is 2.52 bits per heavy atom. The van der Waals surface area contributed by atoms with Gasteiger partial charge in [-0.15, -0.1) is 0 Å². The smallest absolute Gasteiger partial charge is 0.105 e. The maximum Gasteiger partial charge on any atom is 0.105 e. The molecule has 134 valence electrons. The minimum Gasteiger partial charge on any atom is -0.384 e. The summed E-state index contributed by atoms with van der Waals surface area (Å²) in [6.45, 7) is 2.10. The SMILES string of the molecule is Cc1cccc(C2(O)CCC(CCc3ccccc3)CC2N(C)C)c1. The Labute approximate surface area is 152 Å². The zero-order chi connectivity index (χ0) is 17.9. The molecule has 3 rings (SSSR count). The molecule has 0 heterocycles. The van der Waals surface area contributed by atoms with Crippen LogP contribution in [0, 0.1) is 12.8 Å². The summed E-state index contributed by atoms with van der Waals surface area (Å²) in [6.07, 6.45) is 5.34. The first-order chi connectivity index (χ1) is 12.0. The van der Waals surface area contributed by atoms with Gasteiger partial charge in [-0.1, -0.05) is 60.2 Å². The lowest BCUT2D eigenvalue weighted by molar-refractivity contribution is -0.0797.